The maximum atomic E-state index is 11.9. The van der Waals surface area contributed by atoms with E-state index in [2.05, 4.69) is 44.0 Å². The monoisotopic (exact) mass is 357 g/mol. The summed E-state index contributed by atoms with van der Waals surface area (Å²) in [5.74, 6) is 3.43. The van der Waals surface area contributed by atoms with E-state index in [-0.39, 0.29) is 12.5 Å². The predicted molar refractivity (Wildman–Crippen MR) is 102 cm³/mol. The van der Waals surface area contributed by atoms with E-state index in [9.17, 15) is 4.79 Å². The fraction of sp³-hybridized carbons (Fsp3) is 0.500. The maximum absolute atomic E-state index is 11.9. The van der Waals surface area contributed by atoms with Crippen molar-refractivity contribution in [2.45, 2.75) is 19.8 Å². The Hall–Kier alpha value is -2.17. The van der Waals surface area contributed by atoms with Gasteiger partial charge in [0.25, 0.3) is 0 Å². The standard InChI is InChI=1S/C18H23N5OS/c1-3-6-19-16(24)12-22-7-5-8-23(10-9-22)17-15-11-14(4-2)25-18(15)21-13-20-17/h1,11,13H,4-10,12H2,2H3,(H,19,24). The van der Waals surface area contributed by atoms with Crippen molar-refractivity contribution in [3.63, 3.8) is 0 Å². The van der Waals surface area contributed by atoms with Crippen LogP contribution in [-0.2, 0) is 11.2 Å². The molecule has 1 saturated heterocycles. The van der Waals surface area contributed by atoms with Crippen LogP contribution in [0.25, 0.3) is 10.2 Å². The van der Waals surface area contributed by atoms with Gasteiger partial charge in [0.1, 0.15) is 17.0 Å². The smallest absolute Gasteiger partial charge is 0.234 e. The van der Waals surface area contributed by atoms with Gasteiger partial charge in [-0.05, 0) is 18.9 Å². The van der Waals surface area contributed by atoms with Gasteiger partial charge in [-0.3, -0.25) is 9.69 Å². The Morgan fingerprint density at radius 2 is 2.24 bits per heavy atom. The minimum Gasteiger partial charge on any atom is -0.355 e. The number of aryl methyl sites for hydroxylation is 1. The lowest BCUT2D eigenvalue weighted by Crippen LogP contribution is -2.39. The zero-order valence-electron chi connectivity index (χ0n) is 14.5. The van der Waals surface area contributed by atoms with Crippen LogP contribution in [0.1, 0.15) is 18.2 Å². The van der Waals surface area contributed by atoms with Crippen LogP contribution in [0, 0.1) is 12.3 Å². The molecule has 0 bridgehead atoms. The van der Waals surface area contributed by atoms with Crippen molar-refractivity contribution in [1.29, 1.82) is 0 Å². The SMILES string of the molecule is C#CCNC(=O)CN1CCCN(c2ncnc3sc(CC)cc23)CC1. The molecule has 0 spiro atoms. The maximum Gasteiger partial charge on any atom is 0.234 e. The van der Waals surface area contributed by atoms with Crippen molar-refractivity contribution in [3.05, 3.63) is 17.3 Å². The molecule has 1 N–H and O–H groups in total. The number of nitrogens with zero attached hydrogens (tertiary/aromatic N) is 4. The molecule has 1 amide bonds. The lowest BCUT2D eigenvalue weighted by Gasteiger charge is -2.22. The van der Waals surface area contributed by atoms with Gasteiger partial charge in [0, 0.05) is 31.1 Å². The Balaban J connectivity index is 1.68. The summed E-state index contributed by atoms with van der Waals surface area (Å²) in [6, 6.07) is 2.21. The summed E-state index contributed by atoms with van der Waals surface area (Å²) in [5.41, 5.74) is 0. The molecule has 25 heavy (non-hydrogen) atoms. The molecular weight excluding hydrogens is 334 g/mol. The molecule has 3 heterocycles. The summed E-state index contributed by atoms with van der Waals surface area (Å²) in [6.07, 6.45) is 8.85. The van der Waals surface area contributed by atoms with E-state index in [1.54, 1.807) is 17.7 Å². The first-order valence-corrected chi connectivity index (χ1v) is 9.43. The third-order valence-electron chi connectivity index (χ3n) is 4.35. The Labute approximate surface area is 152 Å². The number of anilines is 1. The number of carbonyl (C=O) groups is 1. The number of hydrogen-bond donors (Lipinski definition) is 1. The van der Waals surface area contributed by atoms with Crippen LogP contribution in [0.3, 0.4) is 0 Å². The molecule has 6 nitrogen and oxygen atoms in total. The van der Waals surface area contributed by atoms with Crippen LogP contribution < -0.4 is 10.2 Å². The fourth-order valence-electron chi connectivity index (χ4n) is 3.07. The van der Waals surface area contributed by atoms with Crippen molar-refractivity contribution < 1.29 is 4.79 Å². The summed E-state index contributed by atoms with van der Waals surface area (Å²) in [7, 11) is 0. The molecule has 2 aromatic heterocycles. The normalized spacial score (nSPS) is 15.8. The van der Waals surface area contributed by atoms with Crippen molar-refractivity contribution in [1.82, 2.24) is 20.2 Å². The zero-order valence-corrected chi connectivity index (χ0v) is 15.3. The number of hydrogen-bond acceptors (Lipinski definition) is 6. The first-order chi connectivity index (χ1) is 12.2. The Morgan fingerprint density at radius 3 is 3.04 bits per heavy atom. The van der Waals surface area contributed by atoms with Crippen LogP contribution in [0.4, 0.5) is 5.82 Å². The average Bonchev–Trinajstić information content (AvgIpc) is 2.92. The lowest BCUT2D eigenvalue weighted by molar-refractivity contribution is -0.121. The van der Waals surface area contributed by atoms with E-state index in [4.69, 9.17) is 6.42 Å². The highest BCUT2D eigenvalue weighted by Gasteiger charge is 2.20. The number of carbonyl (C=O) groups excluding carboxylic acids is 1. The summed E-state index contributed by atoms with van der Waals surface area (Å²) in [5, 5.41) is 3.87. The van der Waals surface area contributed by atoms with Crippen molar-refractivity contribution in [3.8, 4) is 12.3 Å². The molecule has 1 aliphatic heterocycles. The van der Waals surface area contributed by atoms with E-state index in [0.717, 1.165) is 55.1 Å². The third kappa shape index (κ3) is 4.27. The van der Waals surface area contributed by atoms with Crippen LogP contribution in [0.2, 0.25) is 0 Å². The first kappa shape index (κ1) is 17.6. The average molecular weight is 357 g/mol. The molecule has 0 aromatic carbocycles. The number of nitrogens with one attached hydrogen (secondary N) is 1. The highest BCUT2D eigenvalue weighted by atomic mass is 32.1. The van der Waals surface area contributed by atoms with Crippen LogP contribution >= 0.6 is 11.3 Å². The second kappa shape index (κ2) is 8.28. The molecule has 2 aromatic rings. The van der Waals surface area contributed by atoms with E-state index in [1.807, 2.05) is 0 Å². The number of fused-ring (bicyclic) bond motifs is 1. The van der Waals surface area contributed by atoms with Gasteiger partial charge in [0.05, 0.1) is 18.5 Å². The molecule has 7 heteroatoms. The second-order valence-electron chi connectivity index (χ2n) is 6.08. The zero-order chi connectivity index (χ0) is 17.6. The van der Waals surface area contributed by atoms with Gasteiger partial charge in [0.2, 0.25) is 5.91 Å². The highest BCUT2D eigenvalue weighted by molar-refractivity contribution is 7.18. The van der Waals surface area contributed by atoms with Crippen molar-refractivity contribution >= 4 is 33.3 Å². The molecule has 1 aliphatic rings. The fourth-order valence-corrected chi connectivity index (χ4v) is 4.00. The van der Waals surface area contributed by atoms with Gasteiger partial charge >= 0.3 is 0 Å². The van der Waals surface area contributed by atoms with E-state index >= 15 is 0 Å². The van der Waals surface area contributed by atoms with E-state index < -0.39 is 0 Å². The topological polar surface area (TPSA) is 61.4 Å². The lowest BCUT2D eigenvalue weighted by atomic mass is 10.3. The minimum absolute atomic E-state index is 0.0127. The van der Waals surface area contributed by atoms with Gasteiger partial charge in [-0.2, -0.15) is 0 Å². The largest absolute Gasteiger partial charge is 0.355 e. The summed E-state index contributed by atoms with van der Waals surface area (Å²) in [4.78, 5) is 27.7. The molecular formula is C18H23N5OS. The molecule has 1 fully saturated rings. The number of terminal acetylenes is 1. The van der Waals surface area contributed by atoms with Crippen molar-refractivity contribution in [2.24, 2.45) is 0 Å². The second-order valence-corrected chi connectivity index (χ2v) is 7.20. The van der Waals surface area contributed by atoms with Gasteiger partial charge in [-0.25, -0.2) is 9.97 Å². The van der Waals surface area contributed by atoms with Gasteiger partial charge < -0.3 is 10.2 Å². The van der Waals surface area contributed by atoms with E-state index in [1.165, 1.54) is 4.88 Å². The third-order valence-corrected chi connectivity index (χ3v) is 5.54. The van der Waals surface area contributed by atoms with Crippen LogP contribution in [-0.4, -0.2) is 60.0 Å². The molecule has 0 saturated carbocycles. The number of amides is 1. The summed E-state index contributed by atoms with van der Waals surface area (Å²) < 4.78 is 0. The highest BCUT2D eigenvalue weighted by Crippen LogP contribution is 2.30. The first-order valence-electron chi connectivity index (χ1n) is 8.62. The molecule has 3 rings (SSSR count). The number of rotatable bonds is 5. The van der Waals surface area contributed by atoms with Crippen LogP contribution in [0.5, 0.6) is 0 Å². The van der Waals surface area contributed by atoms with Gasteiger partial charge in [0.15, 0.2) is 0 Å². The number of thiophene rings is 1. The van der Waals surface area contributed by atoms with Gasteiger partial charge in [-0.15, -0.1) is 17.8 Å². The summed E-state index contributed by atoms with van der Waals surface area (Å²) >= 11 is 1.74. The predicted octanol–water partition coefficient (Wildman–Crippen LogP) is 1.52. The Bertz CT molecular complexity index is 781. The Morgan fingerprint density at radius 1 is 1.36 bits per heavy atom. The minimum atomic E-state index is -0.0127. The Kier molecular flexibility index (Phi) is 5.84. The van der Waals surface area contributed by atoms with Crippen molar-refractivity contribution in [2.75, 3.05) is 44.2 Å². The quantitative estimate of drug-likeness (QED) is 0.822. The summed E-state index contributed by atoms with van der Waals surface area (Å²) in [6.45, 7) is 6.37. The molecule has 0 unspecified atom stereocenters. The van der Waals surface area contributed by atoms with Crippen LogP contribution in [0.15, 0.2) is 12.4 Å². The molecule has 132 valence electrons. The van der Waals surface area contributed by atoms with E-state index in [0.29, 0.717) is 6.54 Å². The number of aromatic nitrogens is 2. The molecule has 0 radical (unpaired) electrons. The van der Waals surface area contributed by atoms with Gasteiger partial charge in [-0.1, -0.05) is 12.8 Å². The molecule has 0 aliphatic carbocycles. The molecule has 0 atom stereocenters.